The minimum absolute atomic E-state index is 0. The Bertz CT molecular complexity index is 4660. The predicted molar refractivity (Wildman–Crippen MR) is 315 cm³/mol. The van der Waals surface area contributed by atoms with E-state index in [9.17, 15) is 5.48 Å². The van der Waals surface area contributed by atoms with E-state index in [1.807, 2.05) is 52.9 Å². The molecule has 0 atom stereocenters. The number of benzene rings is 8. The van der Waals surface area contributed by atoms with Crippen LogP contribution in [-0.4, -0.2) is 9.55 Å². The first-order chi connectivity index (χ1) is 43.7. The summed E-state index contributed by atoms with van der Waals surface area (Å²) < 4.78 is 175. The van der Waals surface area contributed by atoms with Crippen molar-refractivity contribution in [2.24, 2.45) is 5.89 Å². The molecule has 0 aliphatic carbocycles. The second-order valence-electron chi connectivity index (χ2n) is 21.9. The molecular formula is C70H67N4OPt-3. The van der Waals surface area contributed by atoms with Gasteiger partial charge < -0.3 is 19.1 Å². The van der Waals surface area contributed by atoms with Gasteiger partial charge in [-0.25, -0.2) is 4.98 Å². The number of rotatable bonds is 10. The quantitative estimate of drug-likeness (QED) is 0.128. The first kappa shape index (κ1) is 33.8. The molecule has 5 nitrogen and oxygen atoms in total. The molecule has 10 aromatic rings. The third-order valence-electron chi connectivity index (χ3n) is 13.5. The molecule has 0 saturated heterocycles. The first-order valence-electron chi connectivity index (χ1n) is 34.3. The summed E-state index contributed by atoms with van der Waals surface area (Å²) in [5.74, 6) is -3.36. The van der Waals surface area contributed by atoms with Crippen LogP contribution in [0.15, 0.2) is 182 Å². The molecule has 0 N–H and O–H groups in total. The van der Waals surface area contributed by atoms with Gasteiger partial charge in [0.1, 0.15) is 5.82 Å². The number of para-hydroxylation sites is 3. The Balaban J connectivity index is 0.00000983. The maximum absolute atomic E-state index is 9.88. The van der Waals surface area contributed by atoms with Crippen LogP contribution in [0.1, 0.15) is 124 Å². The Morgan fingerprint density at radius 2 is 1.18 bits per heavy atom. The van der Waals surface area contributed by atoms with E-state index in [-0.39, 0.29) is 72.4 Å². The number of ether oxygens (including phenoxy) is 1. The van der Waals surface area contributed by atoms with Crippen molar-refractivity contribution in [2.45, 2.75) is 98.7 Å². The predicted octanol–water partition coefficient (Wildman–Crippen LogP) is 19.1. The normalized spacial score (nSPS) is 16.9. The van der Waals surface area contributed by atoms with E-state index >= 15 is 0 Å². The summed E-state index contributed by atoms with van der Waals surface area (Å²) in [6.45, 7) is 14.0. The molecule has 0 radical (unpaired) electrons. The van der Waals surface area contributed by atoms with Crippen LogP contribution >= 0.6 is 0 Å². The fourth-order valence-electron chi connectivity index (χ4n) is 9.56. The summed E-state index contributed by atoms with van der Waals surface area (Å²) in [4.78, 5) is 8.44. The Morgan fingerprint density at radius 1 is 0.605 bits per heavy atom. The Kier molecular flexibility index (Phi) is 9.06. The molecule has 0 bridgehead atoms. The number of fused-ring (bicyclic) bond motifs is 4. The molecule has 0 unspecified atom stereocenters. The van der Waals surface area contributed by atoms with Crippen LogP contribution in [0, 0.1) is 24.7 Å². The van der Waals surface area contributed by atoms with Crippen molar-refractivity contribution >= 4 is 44.6 Å². The smallest absolute Gasteiger partial charge is 0.135 e. The van der Waals surface area contributed by atoms with Crippen LogP contribution in [0.25, 0.3) is 61.0 Å². The maximum Gasteiger partial charge on any atom is 0.135 e. The second kappa shape index (κ2) is 20.4. The van der Waals surface area contributed by atoms with E-state index in [0.29, 0.717) is 44.6 Å². The summed E-state index contributed by atoms with van der Waals surface area (Å²) in [6, 6.07) is 33.9. The summed E-state index contributed by atoms with van der Waals surface area (Å²) in [6.07, 6.45) is -2.06. The number of hydrogen-bond acceptors (Lipinski definition) is 4. The van der Waals surface area contributed by atoms with Crippen molar-refractivity contribution in [1.82, 2.24) is 9.55 Å². The van der Waals surface area contributed by atoms with Gasteiger partial charge in [0.05, 0.1) is 16.4 Å². The van der Waals surface area contributed by atoms with Crippen molar-refractivity contribution in [1.29, 1.82) is 0 Å². The van der Waals surface area contributed by atoms with E-state index < -0.39 is 109 Å². The fourth-order valence-corrected chi connectivity index (χ4v) is 9.56. The molecule has 0 amide bonds. The SMILES string of the molecule is [2H]c1nc(-n2c3[c-]c(Oc4[c-]c(N5[CH-]N(c6c(-c7cc(C(C)(C)C)cc(C(C)(C)C)c7)cc(C(C)(C)C)cc6-c6c([2H])c([2H])c([2H])c([2H])c6[2H])c6ccccc65)ccc4)ccc3c3ccccc32)c([2H])c(CC([2H])(C([2H])([2H])[2H])C([2H])([2H])[2H])c1-c1c([2H])c([2H])c([2H])c([2H])c1[2H].[Pt]. The number of nitrogens with zero attached hydrogens (tertiary/aromatic N) is 4. The Morgan fingerprint density at radius 3 is 1.83 bits per heavy atom. The molecule has 1 aliphatic rings. The Labute approximate surface area is 492 Å². The van der Waals surface area contributed by atoms with Crippen LogP contribution in [0.4, 0.5) is 22.7 Å². The molecule has 0 saturated carbocycles. The topological polar surface area (TPSA) is 33.5 Å². The first-order valence-corrected chi connectivity index (χ1v) is 24.8. The van der Waals surface area contributed by atoms with Gasteiger partial charge in [-0.2, -0.15) is 12.1 Å². The van der Waals surface area contributed by atoms with Gasteiger partial charge in [0.2, 0.25) is 0 Å². The molecule has 11 rings (SSSR count). The molecule has 8 aromatic carbocycles. The van der Waals surface area contributed by atoms with Crippen LogP contribution in [0.2, 0.25) is 0 Å². The molecule has 386 valence electrons. The summed E-state index contributed by atoms with van der Waals surface area (Å²) in [7, 11) is 0. The van der Waals surface area contributed by atoms with Gasteiger partial charge in [-0.3, -0.25) is 0 Å². The average Bonchev–Trinajstić information content (AvgIpc) is 1.72. The minimum Gasteiger partial charge on any atom is -0.509 e. The molecule has 6 heteroatoms. The van der Waals surface area contributed by atoms with Gasteiger partial charge in [0, 0.05) is 87.6 Å². The van der Waals surface area contributed by atoms with Gasteiger partial charge in [-0.1, -0.05) is 190 Å². The van der Waals surface area contributed by atoms with E-state index in [1.165, 1.54) is 4.57 Å². The second-order valence-corrected chi connectivity index (χ2v) is 21.9. The monoisotopic (exact) mass is 1190 g/mol. The molecule has 0 spiro atoms. The van der Waals surface area contributed by atoms with E-state index in [4.69, 9.17) is 25.3 Å². The van der Waals surface area contributed by atoms with Crippen molar-refractivity contribution in [2.75, 3.05) is 9.80 Å². The van der Waals surface area contributed by atoms with E-state index in [1.54, 1.807) is 48.5 Å². The van der Waals surface area contributed by atoms with Gasteiger partial charge in [-0.15, -0.1) is 48.1 Å². The van der Waals surface area contributed by atoms with Crippen LogP contribution < -0.4 is 14.5 Å². The third kappa shape index (κ3) is 10.1. The molecule has 76 heavy (non-hydrogen) atoms. The van der Waals surface area contributed by atoms with E-state index in [2.05, 4.69) is 104 Å². The van der Waals surface area contributed by atoms with Crippen molar-refractivity contribution in [3.8, 4) is 50.7 Å². The zero-order valence-electron chi connectivity index (χ0n) is 62.7. The van der Waals surface area contributed by atoms with Crippen molar-refractivity contribution in [3.05, 3.63) is 223 Å². The summed E-state index contributed by atoms with van der Waals surface area (Å²) >= 11 is 0. The summed E-state index contributed by atoms with van der Waals surface area (Å²) in [5.41, 5.74) is 5.32. The van der Waals surface area contributed by atoms with Crippen LogP contribution in [-0.2, 0) is 43.7 Å². The largest absolute Gasteiger partial charge is 0.509 e. The number of pyridine rings is 1. The Hall–Kier alpha value is -7.20. The molecule has 2 aromatic heterocycles. The molecule has 1 aliphatic heterocycles. The zero-order valence-corrected chi connectivity index (χ0v) is 46.0. The molecular weight excluding hydrogens is 1110 g/mol. The standard InChI is InChI=1S/C70H67N4O.Pt/c1-46(2)35-49-38-66(71-44-61(49)48-25-16-13-17-26-48)74-62-30-19-18-29-57(62)58-34-33-56(43-65(58)74)75-55-28-22-27-54(42-55)72-45-73(64-32-21-20-31-63(64)72)67-59(47-23-14-12-15-24-47)40-53(70(9,10)11)41-60(67)50-36-51(68(3,4)5)39-52(37-50)69(6,7)8;/h12-34,36-41,44-46H,35H2,1-11H3;/q-3;/i1D3,2D3,12D,13D,14D,15D,16D,17D,23D,24D,25D,26D,38D,44D,46D;. The van der Waals surface area contributed by atoms with Gasteiger partial charge in [0.15, 0.2) is 0 Å². The van der Waals surface area contributed by atoms with E-state index in [0.717, 1.165) is 27.8 Å². The van der Waals surface area contributed by atoms with Crippen LogP contribution in [0.3, 0.4) is 0 Å². The zero-order chi connectivity index (χ0) is 68.8. The maximum atomic E-state index is 9.88. The number of anilines is 4. The number of hydrogen-bond donors (Lipinski definition) is 0. The van der Waals surface area contributed by atoms with Crippen molar-refractivity contribution < 1.29 is 51.8 Å². The molecule has 3 heterocycles. The van der Waals surface area contributed by atoms with Gasteiger partial charge in [0.25, 0.3) is 0 Å². The van der Waals surface area contributed by atoms with Crippen LogP contribution in [0.5, 0.6) is 11.5 Å². The third-order valence-corrected chi connectivity index (χ3v) is 13.5. The average molecular weight is 1190 g/mol. The van der Waals surface area contributed by atoms with Gasteiger partial charge in [-0.05, 0) is 109 Å². The van der Waals surface area contributed by atoms with Gasteiger partial charge >= 0.3 is 0 Å². The van der Waals surface area contributed by atoms with Crippen molar-refractivity contribution in [3.63, 3.8) is 0 Å². The minimum atomic E-state index is -3.54. The molecule has 0 fully saturated rings. The summed E-state index contributed by atoms with van der Waals surface area (Å²) in [5, 5.41) is 1.15. The number of aromatic nitrogens is 2. The fraction of sp³-hybridized carbons (Fsp3) is 0.229.